The molecule has 17 heavy (non-hydrogen) atoms. The summed E-state index contributed by atoms with van der Waals surface area (Å²) in [4.78, 5) is 11.2. The lowest BCUT2D eigenvalue weighted by atomic mass is 9.96. The Balaban J connectivity index is 2.71. The Kier molecular flexibility index (Phi) is 4.97. The molecule has 4 heteroatoms. The summed E-state index contributed by atoms with van der Waals surface area (Å²) >= 11 is 6.02. The maximum absolute atomic E-state index is 11.2. The lowest BCUT2D eigenvalue weighted by molar-refractivity contribution is -0.144. The Hall–Kier alpha value is -1.06. The van der Waals surface area contributed by atoms with Gasteiger partial charge in [-0.05, 0) is 25.0 Å². The van der Waals surface area contributed by atoms with Crippen LogP contribution in [0.2, 0.25) is 5.02 Å². The number of carboxylic acid groups (broad SMARTS) is 1. The van der Waals surface area contributed by atoms with Crippen molar-refractivity contribution in [3.8, 4) is 0 Å². The van der Waals surface area contributed by atoms with Gasteiger partial charge in [-0.2, -0.15) is 0 Å². The molecule has 1 aromatic rings. The molecule has 0 aromatic heterocycles. The Morgan fingerprint density at radius 1 is 1.47 bits per heavy atom. The summed E-state index contributed by atoms with van der Waals surface area (Å²) in [5, 5.41) is 12.9. The SMILES string of the molecule is CCCC(C)(NCc1ccccc1Cl)C(=O)O. The zero-order chi connectivity index (χ0) is 12.9. The molecule has 3 nitrogen and oxygen atoms in total. The Bertz CT molecular complexity index is 395. The first kappa shape index (κ1) is 14.0. The molecule has 1 atom stereocenters. The van der Waals surface area contributed by atoms with E-state index in [4.69, 9.17) is 11.6 Å². The van der Waals surface area contributed by atoms with Crippen LogP contribution in [0.3, 0.4) is 0 Å². The summed E-state index contributed by atoms with van der Waals surface area (Å²) in [5.41, 5.74) is 0.0197. The number of halogens is 1. The fourth-order valence-electron chi connectivity index (χ4n) is 1.70. The van der Waals surface area contributed by atoms with Gasteiger partial charge < -0.3 is 5.11 Å². The van der Waals surface area contributed by atoms with Gasteiger partial charge in [0.2, 0.25) is 0 Å². The number of nitrogens with one attached hydrogen (secondary N) is 1. The molecule has 0 aliphatic heterocycles. The molecule has 0 saturated heterocycles. The van der Waals surface area contributed by atoms with Gasteiger partial charge in [-0.25, -0.2) is 0 Å². The van der Waals surface area contributed by atoms with Gasteiger partial charge in [0, 0.05) is 11.6 Å². The summed E-state index contributed by atoms with van der Waals surface area (Å²) in [6.45, 7) is 4.14. The number of rotatable bonds is 6. The van der Waals surface area contributed by atoms with Gasteiger partial charge in [-0.3, -0.25) is 10.1 Å². The molecule has 0 spiro atoms. The Morgan fingerprint density at radius 3 is 2.65 bits per heavy atom. The molecule has 1 rings (SSSR count). The van der Waals surface area contributed by atoms with E-state index in [1.54, 1.807) is 13.0 Å². The number of hydrogen-bond acceptors (Lipinski definition) is 2. The molecule has 2 N–H and O–H groups in total. The van der Waals surface area contributed by atoms with E-state index in [9.17, 15) is 9.90 Å². The monoisotopic (exact) mass is 255 g/mol. The van der Waals surface area contributed by atoms with Crippen LogP contribution in [0.5, 0.6) is 0 Å². The largest absolute Gasteiger partial charge is 0.480 e. The van der Waals surface area contributed by atoms with Crippen LogP contribution in [0.15, 0.2) is 24.3 Å². The van der Waals surface area contributed by atoms with Crippen molar-refractivity contribution in [2.45, 2.75) is 38.8 Å². The fraction of sp³-hybridized carbons (Fsp3) is 0.462. The highest BCUT2D eigenvalue weighted by Crippen LogP contribution is 2.18. The molecule has 1 aromatic carbocycles. The molecule has 0 fully saturated rings. The topological polar surface area (TPSA) is 49.3 Å². The minimum atomic E-state index is -0.895. The van der Waals surface area contributed by atoms with Crippen molar-refractivity contribution in [2.24, 2.45) is 0 Å². The second-order valence-corrected chi connectivity index (χ2v) is 4.74. The number of aliphatic carboxylic acids is 1. The van der Waals surface area contributed by atoms with Crippen molar-refractivity contribution in [3.63, 3.8) is 0 Å². The number of carbonyl (C=O) groups is 1. The second-order valence-electron chi connectivity index (χ2n) is 4.33. The molecular formula is C13H18ClNO2. The highest BCUT2D eigenvalue weighted by atomic mass is 35.5. The highest BCUT2D eigenvalue weighted by Gasteiger charge is 2.31. The van der Waals surface area contributed by atoms with Gasteiger partial charge in [0.05, 0.1) is 0 Å². The van der Waals surface area contributed by atoms with Crippen LogP contribution in [-0.4, -0.2) is 16.6 Å². The van der Waals surface area contributed by atoms with Gasteiger partial charge in [0.25, 0.3) is 0 Å². The summed E-state index contributed by atoms with van der Waals surface area (Å²) < 4.78 is 0. The normalized spacial score (nSPS) is 14.3. The van der Waals surface area contributed by atoms with Crippen molar-refractivity contribution in [3.05, 3.63) is 34.9 Å². The zero-order valence-electron chi connectivity index (χ0n) is 10.2. The third kappa shape index (κ3) is 3.72. The predicted octanol–water partition coefficient (Wildman–Crippen LogP) is 3.07. The standard InChI is InChI=1S/C13H18ClNO2/c1-3-8-13(2,12(16)17)15-9-10-6-4-5-7-11(10)14/h4-7,15H,3,8-9H2,1-2H3,(H,16,17). The van der Waals surface area contributed by atoms with Crippen LogP contribution in [-0.2, 0) is 11.3 Å². The van der Waals surface area contributed by atoms with Crippen molar-refractivity contribution in [1.29, 1.82) is 0 Å². The predicted molar refractivity (Wildman–Crippen MR) is 69.2 cm³/mol. The summed E-state index contributed by atoms with van der Waals surface area (Å²) in [6, 6.07) is 7.44. The van der Waals surface area contributed by atoms with E-state index in [-0.39, 0.29) is 0 Å². The molecule has 0 heterocycles. The summed E-state index contributed by atoms with van der Waals surface area (Å²) in [7, 11) is 0. The van der Waals surface area contributed by atoms with Crippen LogP contribution in [0.25, 0.3) is 0 Å². The van der Waals surface area contributed by atoms with Gasteiger partial charge in [0.1, 0.15) is 5.54 Å². The Labute approximate surface area is 107 Å². The first-order valence-corrected chi connectivity index (χ1v) is 6.09. The summed E-state index contributed by atoms with van der Waals surface area (Å²) in [5.74, 6) is -0.827. The lowest BCUT2D eigenvalue weighted by Crippen LogP contribution is -2.48. The first-order valence-electron chi connectivity index (χ1n) is 5.71. The van der Waals surface area contributed by atoms with Crippen LogP contribution in [0.4, 0.5) is 0 Å². The zero-order valence-corrected chi connectivity index (χ0v) is 10.9. The van der Waals surface area contributed by atoms with Crippen LogP contribution < -0.4 is 5.32 Å². The average molecular weight is 256 g/mol. The van der Waals surface area contributed by atoms with Crippen LogP contribution in [0.1, 0.15) is 32.3 Å². The van der Waals surface area contributed by atoms with E-state index in [0.717, 1.165) is 12.0 Å². The van der Waals surface area contributed by atoms with Crippen molar-refractivity contribution >= 4 is 17.6 Å². The molecule has 0 saturated carbocycles. The average Bonchev–Trinajstić information content (AvgIpc) is 2.28. The molecule has 94 valence electrons. The van der Waals surface area contributed by atoms with Crippen LogP contribution in [0, 0.1) is 0 Å². The molecular weight excluding hydrogens is 238 g/mol. The Morgan fingerprint density at radius 2 is 2.12 bits per heavy atom. The first-order chi connectivity index (χ1) is 7.99. The van der Waals surface area contributed by atoms with Crippen molar-refractivity contribution in [1.82, 2.24) is 5.32 Å². The minimum absolute atomic E-state index is 0.461. The van der Waals surface area contributed by atoms with E-state index < -0.39 is 11.5 Å². The molecule has 0 amide bonds. The van der Waals surface area contributed by atoms with E-state index in [0.29, 0.717) is 18.0 Å². The van der Waals surface area contributed by atoms with E-state index in [1.807, 2.05) is 25.1 Å². The van der Waals surface area contributed by atoms with Crippen molar-refractivity contribution in [2.75, 3.05) is 0 Å². The van der Waals surface area contributed by atoms with Gasteiger partial charge in [-0.15, -0.1) is 0 Å². The van der Waals surface area contributed by atoms with Gasteiger partial charge in [-0.1, -0.05) is 43.1 Å². The molecule has 0 aliphatic rings. The minimum Gasteiger partial charge on any atom is -0.480 e. The van der Waals surface area contributed by atoms with Crippen molar-refractivity contribution < 1.29 is 9.90 Å². The van der Waals surface area contributed by atoms with E-state index in [2.05, 4.69) is 5.32 Å². The quantitative estimate of drug-likeness (QED) is 0.821. The van der Waals surface area contributed by atoms with E-state index in [1.165, 1.54) is 0 Å². The molecule has 0 radical (unpaired) electrons. The maximum atomic E-state index is 11.2. The number of benzene rings is 1. The smallest absolute Gasteiger partial charge is 0.323 e. The molecule has 0 bridgehead atoms. The number of hydrogen-bond donors (Lipinski definition) is 2. The third-order valence-corrected chi connectivity index (χ3v) is 3.22. The summed E-state index contributed by atoms with van der Waals surface area (Å²) in [6.07, 6.45) is 1.41. The van der Waals surface area contributed by atoms with E-state index >= 15 is 0 Å². The lowest BCUT2D eigenvalue weighted by Gasteiger charge is -2.26. The molecule has 0 aliphatic carbocycles. The fourth-order valence-corrected chi connectivity index (χ4v) is 1.91. The number of carboxylic acids is 1. The molecule has 1 unspecified atom stereocenters. The van der Waals surface area contributed by atoms with Gasteiger partial charge in [0.15, 0.2) is 0 Å². The maximum Gasteiger partial charge on any atom is 0.323 e. The third-order valence-electron chi connectivity index (χ3n) is 2.85. The van der Waals surface area contributed by atoms with Gasteiger partial charge >= 0.3 is 5.97 Å². The highest BCUT2D eigenvalue weighted by molar-refractivity contribution is 6.31. The second kappa shape index (κ2) is 6.03. The van der Waals surface area contributed by atoms with Crippen LogP contribution >= 0.6 is 11.6 Å².